The van der Waals surface area contributed by atoms with Crippen molar-refractivity contribution < 1.29 is 9.53 Å². The monoisotopic (exact) mass is 389 g/mol. The second kappa shape index (κ2) is 7.07. The molecule has 4 rings (SSSR count). The van der Waals surface area contributed by atoms with Crippen molar-refractivity contribution in [3.05, 3.63) is 70.9 Å². The van der Waals surface area contributed by atoms with Gasteiger partial charge in [0.1, 0.15) is 11.4 Å². The molecular weight excluding hydrogens is 362 g/mol. The summed E-state index contributed by atoms with van der Waals surface area (Å²) in [6.07, 6.45) is 0. The van der Waals surface area contributed by atoms with Gasteiger partial charge in [-0.3, -0.25) is 9.89 Å². The Morgan fingerprint density at radius 3 is 2.31 bits per heavy atom. The lowest BCUT2D eigenvalue weighted by Gasteiger charge is -2.37. The Morgan fingerprint density at radius 2 is 1.72 bits per heavy atom. The maximum absolute atomic E-state index is 13.3. The van der Waals surface area contributed by atoms with Gasteiger partial charge in [-0.15, -0.1) is 0 Å². The number of nitrogens with one attached hydrogen (secondary N) is 1. The fraction of sp³-hybridized carbons (Fsp3) is 0.333. The van der Waals surface area contributed by atoms with Crippen molar-refractivity contribution in [2.75, 3.05) is 6.61 Å². The lowest BCUT2D eigenvalue weighted by molar-refractivity contribution is 0.0546. The number of aryl methyl sites for hydroxylation is 1. The van der Waals surface area contributed by atoms with E-state index in [0.717, 1.165) is 28.1 Å². The number of H-pyrrole nitrogens is 1. The van der Waals surface area contributed by atoms with Crippen molar-refractivity contribution in [3.63, 3.8) is 0 Å². The molecule has 3 aromatic rings. The molecule has 29 heavy (non-hydrogen) atoms. The Hall–Kier alpha value is -3.08. The van der Waals surface area contributed by atoms with Gasteiger partial charge in [-0.25, -0.2) is 0 Å². The molecule has 0 saturated carbocycles. The van der Waals surface area contributed by atoms with Crippen LogP contribution in [0.3, 0.4) is 0 Å². The number of rotatable bonds is 4. The minimum absolute atomic E-state index is 0.0164. The number of nitrogens with zero attached hydrogens (tertiary/aromatic N) is 2. The number of amides is 1. The Labute approximate surface area is 171 Å². The van der Waals surface area contributed by atoms with Crippen LogP contribution in [0.4, 0.5) is 0 Å². The van der Waals surface area contributed by atoms with Crippen molar-refractivity contribution in [3.8, 4) is 17.0 Å². The molecule has 1 amide bonds. The average molecular weight is 389 g/mol. The van der Waals surface area contributed by atoms with Gasteiger partial charge in [0.05, 0.1) is 18.3 Å². The second-order valence-electron chi connectivity index (χ2n) is 8.48. The Kier molecular flexibility index (Phi) is 4.69. The van der Waals surface area contributed by atoms with Crippen LogP contribution in [0.25, 0.3) is 11.3 Å². The predicted octanol–water partition coefficient (Wildman–Crippen LogP) is 5.13. The van der Waals surface area contributed by atoms with Gasteiger partial charge in [-0.2, -0.15) is 5.10 Å². The third-order valence-electron chi connectivity index (χ3n) is 5.32. The number of hydrogen-bond donors (Lipinski definition) is 1. The summed E-state index contributed by atoms with van der Waals surface area (Å²) >= 11 is 0. The molecule has 1 atom stereocenters. The van der Waals surface area contributed by atoms with E-state index in [-0.39, 0.29) is 17.5 Å². The summed E-state index contributed by atoms with van der Waals surface area (Å²) in [7, 11) is 0. The van der Waals surface area contributed by atoms with E-state index in [1.807, 2.05) is 36.1 Å². The topological polar surface area (TPSA) is 58.2 Å². The van der Waals surface area contributed by atoms with Gasteiger partial charge in [-0.05, 0) is 52.3 Å². The van der Waals surface area contributed by atoms with Crippen molar-refractivity contribution in [1.29, 1.82) is 0 Å². The summed E-state index contributed by atoms with van der Waals surface area (Å²) in [6, 6.07) is 16.1. The number of fused-ring (bicyclic) bond motifs is 1. The Balaban J connectivity index is 1.87. The number of aromatic nitrogens is 2. The smallest absolute Gasteiger partial charge is 0.273 e. The molecule has 0 saturated heterocycles. The van der Waals surface area contributed by atoms with E-state index in [9.17, 15) is 4.79 Å². The van der Waals surface area contributed by atoms with Crippen molar-refractivity contribution in [1.82, 2.24) is 15.1 Å². The molecule has 1 aliphatic rings. The minimum atomic E-state index is -0.343. The van der Waals surface area contributed by atoms with Gasteiger partial charge in [0.2, 0.25) is 0 Å². The first-order valence-corrected chi connectivity index (χ1v) is 10.0. The molecule has 0 bridgehead atoms. The van der Waals surface area contributed by atoms with Crippen LogP contribution in [0, 0.1) is 6.92 Å². The van der Waals surface area contributed by atoms with Crippen LogP contribution in [0.15, 0.2) is 48.5 Å². The van der Waals surface area contributed by atoms with E-state index in [1.54, 1.807) is 0 Å². The Bertz CT molecular complexity index is 1030. The summed E-state index contributed by atoms with van der Waals surface area (Å²) in [6.45, 7) is 10.9. The first-order chi connectivity index (χ1) is 13.8. The summed E-state index contributed by atoms with van der Waals surface area (Å²) in [5, 5.41) is 7.55. The maximum Gasteiger partial charge on any atom is 0.273 e. The molecule has 5 heteroatoms. The summed E-state index contributed by atoms with van der Waals surface area (Å²) in [5.74, 6) is 0.811. The number of carbonyl (C=O) groups is 1. The Morgan fingerprint density at radius 1 is 1.07 bits per heavy atom. The molecule has 1 N–H and O–H groups in total. The fourth-order valence-electron chi connectivity index (χ4n) is 4.00. The zero-order valence-electron chi connectivity index (χ0n) is 17.6. The normalized spacial score (nSPS) is 16.2. The molecule has 2 heterocycles. The fourth-order valence-corrected chi connectivity index (χ4v) is 4.00. The highest BCUT2D eigenvalue weighted by Gasteiger charge is 2.46. The summed E-state index contributed by atoms with van der Waals surface area (Å²) < 4.78 is 5.60. The minimum Gasteiger partial charge on any atom is -0.494 e. The second-order valence-corrected chi connectivity index (χ2v) is 8.48. The number of carbonyl (C=O) groups excluding carboxylic acids is 1. The first-order valence-electron chi connectivity index (χ1n) is 10.0. The van der Waals surface area contributed by atoms with E-state index >= 15 is 0 Å². The van der Waals surface area contributed by atoms with E-state index in [4.69, 9.17) is 4.74 Å². The van der Waals surface area contributed by atoms with E-state index in [0.29, 0.717) is 12.3 Å². The molecule has 150 valence electrons. The molecule has 2 aromatic carbocycles. The summed E-state index contributed by atoms with van der Waals surface area (Å²) in [4.78, 5) is 15.3. The molecular formula is C24H27N3O2. The van der Waals surface area contributed by atoms with Crippen LogP contribution < -0.4 is 4.74 Å². The number of hydrogen-bond acceptors (Lipinski definition) is 3. The number of benzene rings is 2. The average Bonchev–Trinajstić information content (AvgIpc) is 3.22. The lowest BCUT2D eigenvalue weighted by atomic mass is 9.93. The van der Waals surface area contributed by atoms with Crippen LogP contribution in [0.2, 0.25) is 0 Å². The van der Waals surface area contributed by atoms with E-state index < -0.39 is 0 Å². The maximum atomic E-state index is 13.3. The highest BCUT2D eigenvalue weighted by atomic mass is 16.5. The standard InChI is InChI=1S/C24H27N3O2/c1-6-29-18-13-11-17(12-14-18)22-19-20(16-9-7-15(2)8-10-16)25-26-21(19)23(28)27(22)24(3,4)5/h7-14,22H,6H2,1-5H3,(H,25,26). The lowest BCUT2D eigenvalue weighted by Crippen LogP contribution is -2.44. The van der Waals surface area contributed by atoms with E-state index in [1.165, 1.54) is 5.56 Å². The zero-order valence-corrected chi connectivity index (χ0v) is 17.6. The SMILES string of the molecule is CCOc1ccc(C2c3c(-c4ccc(C)cc4)n[nH]c3C(=O)N2C(C)(C)C)cc1. The van der Waals surface area contributed by atoms with Crippen LogP contribution in [-0.2, 0) is 0 Å². The highest BCUT2D eigenvalue weighted by Crippen LogP contribution is 2.46. The van der Waals surface area contributed by atoms with Crippen LogP contribution in [-0.4, -0.2) is 33.2 Å². The molecule has 1 aliphatic heterocycles. The van der Waals surface area contributed by atoms with Gasteiger partial charge in [0, 0.05) is 16.7 Å². The van der Waals surface area contributed by atoms with Crippen molar-refractivity contribution in [2.45, 2.75) is 46.2 Å². The van der Waals surface area contributed by atoms with E-state index in [2.05, 4.69) is 62.2 Å². The van der Waals surface area contributed by atoms with Crippen LogP contribution >= 0.6 is 0 Å². The van der Waals surface area contributed by atoms with Gasteiger partial charge >= 0.3 is 0 Å². The molecule has 1 unspecified atom stereocenters. The summed E-state index contributed by atoms with van der Waals surface area (Å²) in [5.41, 5.74) is 5.26. The number of ether oxygens (including phenoxy) is 1. The molecule has 5 nitrogen and oxygen atoms in total. The molecule has 0 radical (unpaired) electrons. The largest absolute Gasteiger partial charge is 0.494 e. The van der Waals surface area contributed by atoms with Crippen LogP contribution in [0.5, 0.6) is 5.75 Å². The third-order valence-corrected chi connectivity index (χ3v) is 5.32. The van der Waals surface area contributed by atoms with Gasteiger partial charge in [-0.1, -0.05) is 42.0 Å². The number of aromatic amines is 1. The van der Waals surface area contributed by atoms with Gasteiger partial charge in [0.25, 0.3) is 5.91 Å². The van der Waals surface area contributed by atoms with Crippen molar-refractivity contribution >= 4 is 5.91 Å². The van der Waals surface area contributed by atoms with Gasteiger partial charge < -0.3 is 9.64 Å². The molecule has 1 aromatic heterocycles. The first kappa shape index (κ1) is 19.2. The third kappa shape index (κ3) is 3.31. The quantitative estimate of drug-likeness (QED) is 0.673. The van der Waals surface area contributed by atoms with Crippen LogP contribution in [0.1, 0.15) is 60.9 Å². The molecule has 0 aliphatic carbocycles. The predicted molar refractivity (Wildman–Crippen MR) is 114 cm³/mol. The van der Waals surface area contributed by atoms with Crippen molar-refractivity contribution in [2.24, 2.45) is 0 Å². The zero-order chi connectivity index (χ0) is 20.8. The van der Waals surface area contributed by atoms with Gasteiger partial charge in [0.15, 0.2) is 0 Å². The molecule has 0 spiro atoms. The highest BCUT2D eigenvalue weighted by molar-refractivity contribution is 6.00. The molecule has 0 fully saturated rings.